The van der Waals surface area contributed by atoms with Crippen LogP contribution in [0.3, 0.4) is 0 Å². The van der Waals surface area contributed by atoms with Crippen molar-refractivity contribution in [3.05, 3.63) is 23.8 Å². The molecule has 138 valence electrons. The summed E-state index contributed by atoms with van der Waals surface area (Å²) in [5.74, 6) is 1.76. The Kier molecular flexibility index (Phi) is 5.07. The fourth-order valence-electron chi connectivity index (χ4n) is 4.53. The lowest BCUT2D eigenvalue weighted by Gasteiger charge is -2.43. The molecular weight excluding hydrogens is 314 g/mol. The van der Waals surface area contributed by atoms with E-state index in [4.69, 9.17) is 9.47 Å². The summed E-state index contributed by atoms with van der Waals surface area (Å²) in [5.41, 5.74) is 1.22. The van der Waals surface area contributed by atoms with Crippen LogP contribution < -0.4 is 0 Å². The maximum absolute atomic E-state index is 6.23. The first kappa shape index (κ1) is 17.4. The van der Waals surface area contributed by atoms with Crippen molar-refractivity contribution in [2.45, 2.75) is 76.2 Å². The second-order valence-corrected chi connectivity index (χ2v) is 8.04. The van der Waals surface area contributed by atoms with E-state index in [2.05, 4.69) is 21.8 Å². The molecule has 1 aromatic heterocycles. The molecule has 4 rings (SSSR count). The van der Waals surface area contributed by atoms with Crippen molar-refractivity contribution in [1.29, 1.82) is 0 Å². The number of ether oxygens (including phenoxy) is 2. The summed E-state index contributed by atoms with van der Waals surface area (Å²) in [7, 11) is 1.89. The second-order valence-electron chi connectivity index (χ2n) is 8.04. The number of rotatable bonds is 7. The van der Waals surface area contributed by atoms with Gasteiger partial charge in [-0.2, -0.15) is 0 Å². The maximum atomic E-state index is 6.23. The molecule has 2 aliphatic carbocycles. The van der Waals surface area contributed by atoms with Gasteiger partial charge in [0.2, 0.25) is 0 Å². The molecule has 1 aliphatic heterocycles. The van der Waals surface area contributed by atoms with Gasteiger partial charge in [-0.25, -0.2) is 9.97 Å². The molecule has 0 amide bonds. The third kappa shape index (κ3) is 3.74. The number of likely N-dealkylation sites (tertiary alicyclic amines) is 1. The van der Waals surface area contributed by atoms with Crippen molar-refractivity contribution >= 4 is 0 Å². The van der Waals surface area contributed by atoms with E-state index in [0.717, 1.165) is 63.5 Å². The Morgan fingerprint density at radius 1 is 1.20 bits per heavy atom. The summed E-state index contributed by atoms with van der Waals surface area (Å²) in [6.45, 7) is 5.05. The molecule has 0 radical (unpaired) electrons. The number of nitrogens with zero attached hydrogens (tertiary/aromatic N) is 3. The molecule has 3 fully saturated rings. The zero-order chi connectivity index (χ0) is 17.3. The fourth-order valence-corrected chi connectivity index (χ4v) is 4.53. The summed E-state index contributed by atoms with van der Waals surface area (Å²) in [5, 5.41) is 0. The number of fused-ring (bicyclic) bond motifs is 1. The molecule has 2 saturated carbocycles. The van der Waals surface area contributed by atoms with Crippen molar-refractivity contribution in [2.24, 2.45) is 5.92 Å². The highest BCUT2D eigenvalue weighted by Gasteiger charge is 2.51. The largest absolute Gasteiger partial charge is 0.378 e. The summed E-state index contributed by atoms with van der Waals surface area (Å²) in [6.07, 6.45) is 12.4. The van der Waals surface area contributed by atoms with E-state index in [-0.39, 0.29) is 5.60 Å². The molecule has 0 spiro atoms. The highest BCUT2D eigenvalue weighted by Crippen LogP contribution is 2.44. The summed E-state index contributed by atoms with van der Waals surface area (Å²) in [6, 6.07) is 0.446. The van der Waals surface area contributed by atoms with Crippen molar-refractivity contribution in [2.75, 3.05) is 20.3 Å². The molecule has 25 heavy (non-hydrogen) atoms. The Bertz CT molecular complexity index is 575. The van der Waals surface area contributed by atoms with Gasteiger partial charge >= 0.3 is 0 Å². The highest BCUT2D eigenvalue weighted by atomic mass is 16.5. The molecule has 0 aromatic carbocycles. The summed E-state index contributed by atoms with van der Waals surface area (Å²) >= 11 is 0. The highest BCUT2D eigenvalue weighted by molar-refractivity contribution is 5.10. The van der Waals surface area contributed by atoms with Gasteiger partial charge in [0.25, 0.3) is 0 Å². The Morgan fingerprint density at radius 2 is 2.00 bits per heavy atom. The van der Waals surface area contributed by atoms with E-state index in [0.29, 0.717) is 12.1 Å². The Balaban J connectivity index is 1.42. The monoisotopic (exact) mass is 345 g/mol. The lowest BCUT2D eigenvalue weighted by atomic mass is 9.79. The van der Waals surface area contributed by atoms with Gasteiger partial charge in [-0.1, -0.05) is 6.92 Å². The minimum absolute atomic E-state index is 0.0175. The van der Waals surface area contributed by atoms with Gasteiger partial charge in [0, 0.05) is 57.2 Å². The van der Waals surface area contributed by atoms with E-state index in [9.17, 15) is 0 Å². The number of hydrogen-bond donors (Lipinski definition) is 0. The lowest BCUT2D eigenvalue weighted by Crippen LogP contribution is -2.51. The summed E-state index contributed by atoms with van der Waals surface area (Å²) in [4.78, 5) is 11.5. The Morgan fingerprint density at radius 3 is 2.68 bits per heavy atom. The molecule has 2 heterocycles. The van der Waals surface area contributed by atoms with E-state index in [1.54, 1.807) is 0 Å². The molecule has 0 bridgehead atoms. The van der Waals surface area contributed by atoms with Crippen LogP contribution in [0.1, 0.15) is 56.8 Å². The molecule has 0 unspecified atom stereocenters. The third-order valence-electron chi connectivity index (χ3n) is 6.38. The van der Waals surface area contributed by atoms with Gasteiger partial charge in [-0.05, 0) is 44.4 Å². The van der Waals surface area contributed by atoms with Gasteiger partial charge in [0.15, 0.2) is 0 Å². The van der Waals surface area contributed by atoms with Crippen molar-refractivity contribution in [1.82, 2.24) is 14.9 Å². The zero-order valence-electron chi connectivity index (χ0n) is 15.6. The average molecular weight is 345 g/mol. The molecule has 0 N–H and O–H groups in total. The van der Waals surface area contributed by atoms with Gasteiger partial charge in [-0.3, -0.25) is 4.90 Å². The Hall–Kier alpha value is -1.04. The minimum atomic E-state index is 0.0175. The number of methoxy groups -OCH3 is 1. The molecule has 3 atom stereocenters. The van der Waals surface area contributed by atoms with Gasteiger partial charge in [0.05, 0.1) is 11.7 Å². The van der Waals surface area contributed by atoms with E-state index in [1.165, 1.54) is 18.4 Å². The predicted molar refractivity (Wildman–Crippen MR) is 96.3 cm³/mol. The maximum Gasteiger partial charge on any atom is 0.127 e. The molecular formula is C20H31N3O2. The van der Waals surface area contributed by atoms with Crippen LogP contribution in [0.5, 0.6) is 0 Å². The van der Waals surface area contributed by atoms with Crippen LogP contribution in [0.15, 0.2) is 12.4 Å². The first-order valence-electron chi connectivity index (χ1n) is 9.93. The number of hydrogen-bond acceptors (Lipinski definition) is 5. The average Bonchev–Trinajstić information content (AvgIpc) is 3.43. The second kappa shape index (κ2) is 7.29. The topological polar surface area (TPSA) is 47.5 Å². The van der Waals surface area contributed by atoms with Crippen molar-refractivity contribution in [3.63, 3.8) is 0 Å². The smallest absolute Gasteiger partial charge is 0.127 e. The molecule has 1 saturated heterocycles. The van der Waals surface area contributed by atoms with Crippen molar-refractivity contribution in [3.8, 4) is 0 Å². The van der Waals surface area contributed by atoms with Crippen LogP contribution in [0.4, 0.5) is 0 Å². The van der Waals surface area contributed by atoms with E-state index >= 15 is 0 Å². The lowest BCUT2D eigenvalue weighted by molar-refractivity contribution is -0.103. The van der Waals surface area contributed by atoms with Gasteiger partial charge < -0.3 is 9.47 Å². The standard InChI is InChI=1S/C20H31N3O2/c1-3-19-21-11-16(12-22-19)13-23-9-8-20(24-2)7-6-17(10-18(20)23)25-14-15-4-5-15/h11-12,15,17-18H,3-10,13-14H2,1-2H3/t17-,18+,20-/m1/s1. The quantitative estimate of drug-likeness (QED) is 0.760. The van der Waals surface area contributed by atoms with Crippen LogP contribution in [-0.4, -0.2) is 52.9 Å². The van der Waals surface area contributed by atoms with Crippen molar-refractivity contribution < 1.29 is 9.47 Å². The molecule has 5 nitrogen and oxygen atoms in total. The van der Waals surface area contributed by atoms with Gasteiger partial charge in [-0.15, -0.1) is 0 Å². The zero-order valence-corrected chi connectivity index (χ0v) is 15.6. The summed E-state index contributed by atoms with van der Waals surface area (Å²) < 4.78 is 12.3. The normalized spacial score (nSPS) is 32.7. The number of aromatic nitrogens is 2. The van der Waals surface area contributed by atoms with E-state index < -0.39 is 0 Å². The van der Waals surface area contributed by atoms with Gasteiger partial charge in [0.1, 0.15) is 5.82 Å². The van der Waals surface area contributed by atoms with Crippen LogP contribution in [0.2, 0.25) is 0 Å². The predicted octanol–water partition coefficient (Wildman–Crippen LogP) is 2.98. The number of aryl methyl sites for hydroxylation is 1. The fraction of sp³-hybridized carbons (Fsp3) is 0.800. The van der Waals surface area contributed by atoms with Crippen LogP contribution in [-0.2, 0) is 22.4 Å². The van der Waals surface area contributed by atoms with E-state index in [1.807, 2.05) is 19.5 Å². The molecule has 3 aliphatic rings. The first-order chi connectivity index (χ1) is 12.2. The minimum Gasteiger partial charge on any atom is -0.378 e. The third-order valence-corrected chi connectivity index (χ3v) is 6.38. The Labute approximate surface area is 151 Å². The molecule has 5 heteroatoms. The molecule has 1 aromatic rings. The van der Waals surface area contributed by atoms with Crippen LogP contribution >= 0.6 is 0 Å². The van der Waals surface area contributed by atoms with Crippen LogP contribution in [0.25, 0.3) is 0 Å². The first-order valence-corrected chi connectivity index (χ1v) is 9.93. The SMILES string of the molecule is CCc1ncc(CN2CC[C@]3(OC)CC[C@@H](OCC4CC4)C[C@H]23)cn1. The van der Waals surface area contributed by atoms with Crippen LogP contribution in [0, 0.1) is 5.92 Å².